The fourth-order valence-electron chi connectivity index (χ4n) is 5.51. The van der Waals surface area contributed by atoms with Crippen molar-refractivity contribution in [1.29, 1.82) is 0 Å². The molecule has 0 unspecified atom stereocenters. The molecule has 7 nitrogen and oxygen atoms in total. The standard InChI is InChI=1S/C23H26N4O3/c1-13-5-6-17-15(9-13)11-16-12-23(20(28)25(3)22(30)26(4)21(23)29)18-10-14(2)7-8-27(18)19(16)24-17/h5-6,9,11,14,18H,7-8,10,12H2,1-4H3/t14-,18-/m0/s1. The number of hydrogen-bond donors (Lipinski definition) is 0. The highest BCUT2D eigenvalue weighted by Gasteiger charge is 2.63. The topological polar surface area (TPSA) is 73.8 Å². The van der Waals surface area contributed by atoms with Crippen LogP contribution in [0.25, 0.3) is 10.9 Å². The second-order valence-corrected chi connectivity index (χ2v) is 9.17. The smallest absolute Gasteiger partial charge is 0.332 e. The molecule has 1 aromatic carbocycles. The molecule has 1 spiro atoms. The minimum absolute atomic E-state index is 0.271. The number of barbiturate groups is 1. The number of pyridine rings is 1. The van der Waals surface area contributed by atoms with Gasteiger partial charge in [-0.05, 0) is 49.4 Å². The molecule has 30 heavy (non-hydrogen) atoms. The predicted molar refractivity (Wildman–Crippen MR) is 113 cm³/mol. The molecule has 0 N–H and O–H groups in total. The van der Waals surface area contributed by atoms with E-state index in [2.05, 4.69) is 24.0 Å². The zero-order chi connectivity index (χ0) is 21.4. The van der Waals surface area contributed by atoms with Crippen molar-refractivity contribution >= 4 is 34.6 Å². The van der Waals surface area contributed by atoms with Gasteiger partial charge in [-0.3, -0.25) is 19.4 Å². The van der Waals surface area contributed by atoms with Gasteiger partial charge in [0, 0.05) is 32.4 Å². The third-order valence-corrected chi connectivity index (χ3v) is 7.15. The summed E-state index contributed by atoms with van der Waals surface area (Å²) in [6.45, 7) is 4.94. The van der Waals surface area contributed by atoms with Crippen molar-refractivity contribution in [2.45, 2.75) is 39.2 Å². The third kappa shape index (κ3) is 2.38. The van der Waals surface area contributed by atoms with Gasteiger partial charge in [-0.2, -0.15) is 0 Å². The van der Waals surface area contributed by atoms with Crippen LogP contribution in [0.1, 0.15) is 30.9 Å². The lowest BCUT2D eigenvalue weighted by atomic mass is 9.65. The van der Waals surface area contributed by atoms with Gasteiger partial charge < -0.3 is 4.90 Å². The fraction of sp³-hybridized carbons (Fsp3) is 0.478. The fourth-order valence-corrected chi connectivity index (χ4v) is 5.51. The van der Waals surface area contributed by atoms with Crippen LogP contribution in [0, 0.1) is 18.3 Å². The Kier molecular flexibility index (Phi) is 3.98. The van der Waals surface area contributed by atoms with Gasteiger partial charge in [-0.25, -0.2) is 9.78 Å². The molecule has 3 aliphatic heterocycles. The second-order valence-electron chi connectivity index (χ2n) is 9.17. The molecule has 4 heterocycles. The number of fused-ring (bicyclic) bond motifs is 5. The van der Waals surface area contributed by atoms with Crippen LogP contribution in [0.4, 0.5) is 10.6 Å². The molecule has 156 valence electrons. The summed E-state index contributed by atoms with van der Waals surface area (Å²) < 4.78 is 0. The molecule has 4 amide bonds. The van der Waals surface area contributed by atoms with Gasteiger partial charge in [0.2, 0.25) is 11.8 Å². The van der Waals surface area contributed by atoms with Crippen LogP contribution in [-0.2, 0) is 16.0 Å². The van der Waals surface area contributed by atoms with E-state index in [1.807, 2.05) is 19.1 Å². The molecule has 2 saturated heterocycles. The first-order chi connectivity index (χ1) is 14.2. The van der Waals surface area contributed by atoms with Gasteiger partial charge >= 0.3 is 6.03 Å². The van der Waals surface area contributed by atoms with E-state index in [0.717, 1.165) is 57.0 Å². The molecule has 0 bridgehead atoms. The highest BCUT2D eigenvalue weighted by Crippen LogP contribution is 2.49. The first kappa shape index (κ1) is 19.0. The second kappa shape index (κ2) is 6.27. The Balaban J connectivity index is 1.75. The van der Waals surface area contributed by atoms with Crippen LogP contribution in [-0.4, -0.2) is 59.3 Å². The van der Waals surface area contributed by atoms with Crippen LogP contribution in [0.2, 0.25) is 0 Å². The number of benzene rings is 1. The van der Waals surface area contributed by atoms with E-state index in [0.29, 0.717) is 5.92 Å². The maximum atomic E-state index is 13.6. The van der Waals surface area contributed by atoms with E-state index in [-0.39, 0.29) is 12.5 Å². The van der Waals surface area contributed by atoms with Gasteiger partial charge in [-0.15, -0.1) is 0 Å². The molecule has 0 aliphatic carbocycles. The number of urea groups is 1. The highest BCUT2D eigenvalue weighted by atomic mass is 16.2. The number of anilines is 1. The molecular weight excluding hydrogens is 380 g/mol. The van der Waals surface area contributed by atoms with Crippen molar-refractivity contribution in [1.82, 2.24) is 14.8 Å². The van der Waals surface area contributed by atoms with E-state index in [9.17, 15) is 14.4 Å². The number of nitrogens with zero attached hydrogens (tertiary/aromatic N) is 4. The summed E-state index contributed by atoms with van der Waals surface area (Å²) in [7, 11) is 2.95. The maximum absolute atomic E-state index is 13.6. The molecule has 0 saturated carbocycles. The minimum Gasteiger partial charge on any atom is -0.352 e. The van der Waals surface area contributed by atoms with Gasteiger partial charge in [0.15, 0.2) is 5.41 Å². The number of carbonyl (C=O) groups excluding carboxylic acids is 3. The van der Waals surface area contributed by atoms with Crippen LogP contribution in [0.5, 0.6) is 0 Å². The molecule has 1 aromatic heterocycles. The van der Waals surface area contributed by atoms with E-state index in [1.54, 1.807) is 0 Å². The summed E-state index contributed by atoms with van der Waals surface area (Å²) in [5.41, 5.74) is 1.66. The van der Waals surface area contributed by atoms with Crippen LogP contribution in [0.3, 0.4) is 0 Å². The lowest BCUT2D eigenvalue weighted by molar-refractivity contribution is -0.160. The summed E-state index contributed by atoms with van der Waals surface area (Å²) in [5.74, 6) is 0.475. The first-order valence-electron chi connectivity index (χ1n) is 10.5. The Morgan fingerprint density at radius 2 is 1.77 bits per heavy atom. The summed E-state index contributed by atoms with van der Waals surface area (Å²) >= 11 is 0. The summed E-state index contributed by atoms with van der Waals surface area (Å²) in [5, 5.41) is 1.00. The molecule has 3 aliphatic rings. The Hall–Kier alpha value is -2.96. The molecule has 0 radical (unpaired) electrons. The van der Waals surface area contributed by atoms with Crippen molar-refractivity contribution < 1.29 is 14.4 Å². The molecule has 2 fully saturated rings. The lowest BCUT2D eigenvalue weighted by Crippen LogP contribution is -2.72. The Bertz CT molecular complexity index is 1090. The number of aromatic nitrogens is 1. The van der Waals surface area contributed by atoms with E-state index < -0.39 is 23.3 Å². The zero-order valence-corrected chi connectivity index (χ0v) is 17.8. The summed E-state index contributed by atoms with van der Waals surface area (Å²) in [6, 6.07) is 7.34. The quantitative estimate of drug-likeness (QED) is 0.629. The summed E-state index contributed by atoms with van der Waals surface area (Å²) in [6.07, 6.45) is 1.97. The van der Waals surface area contributed by atoms with Crippen LogP contribution in [0.15, 0.2) is 24.3 Å². The lowest BCUT2D eigenvalue weighted by Gasteiger charge is -2.55. The number of imide groups is 2. The van der Waals surface area contributed by atoms with Crippen LogP contribution < -0.4 is 4.90 Å². The predicted octanol–water partition coefficient (Wildman–Crippen LogP) is 2.74. The molecule has 5 rings (SSSR count). The maximum Gasteiger partial charge on any atom is 0.332 e. The van der Waals surface area contributed by atoms with E-state index in [4.69, 9.17) is 4.98 Å². The Morgan fingerprint density at radius 3 is 2.47 bits per heavy atom. The molecular formula is C23H26N4O3. The molecule has 2 aromatic rings. The third-order valence-electron chi connectivity index (χ3n) is 7.15. The number of piperidine rings is 1. The largest absolute Gasteiger partial charge is 0.352 e. The highest BCUT2D eigenvalue weighted by molar-refractivity contribution is 6.20. The SMILES string of the molecule is Cc1ccc2nc3c(cc2c1)CC1(C(=O)N(C)C(=O)N(C)C1=O)[C@@H]1C[C@@H](C)CCN31. The molecule has 7 heteroatoms. The van der Waals surface area contributed by atoms with E-state index in [1.165, 1.54) is 14.1 Å². The van der Waals surface area contributed by atoms with Gasteiger partial charge in [0.1, 0.15) is 5.82 Å². The zero-order valence-electron chi connectivity index (χ0n) is 17.8. The number of amides is 4. The van der Waals surface area contributed by atoms with E-state index >= 15 is 0 Å². The number of hydrogen-bond acceptors (Lipinski definition) is 5. The average Bonchev–Trinajstić information content (AvgIpc) is 2.73. The monoisotopic (exact) mass is 406 g/mol. The Morgan fingerprint density at radius 1 is 1.07 bits per heavy atom. The van der Waals surface area contributed by atoms with Gasteiger partial charge in [-0.1, -0.05) is 18.6 Å². The summed E-state index contributed by atoms with van der Waals surface area (Å²) in [4.78, 5) is 48.9. The number of aryl methyl sites for hydroxylation is 1. The van der Waals surface area contributed by atoms with Gasteiger partial charge in [0.25, 0.3) is 0 Å². The van der Waals surface area contributed by atoms with Crippen molar-refractivity contribution in [2.24, 2.45) is 11.3 Å². The van der Waals surface area contributed by atoms with Crippen molar-refractivity contribution in [3.05, 3.63) is 35.4 Å². The number of carbonyl (C=O) groups is 3. The Labute approximate surface area is 175 Å². The van der Waals surface area contributed by atoms with Crippen LogP contribution >= 0.6 is 0 Å². The van der Waals surface area contributed by atoms with Gasteiger partial charge in [0.05, 0.1) is 11.6 Å². The van der Waals surface area contributed by atoms with Crippen molar-refractivity contribution in [3.8, 4) is 0 Å². The molecule has 2 atom stereocenters. The van der Waals surface area contributed by atoms with Crippen molar-refractivity contribution in [3.63, 3.8) is 0 Å². The van der Waals surface area contributed by atoms with Crippen molar-refractivity contribution in [2.75, 3.05) is 25.5 Å². The first-order valence-corrected chi connectivity index (χ1v) is 10.5. The minimum atomic E-state index is -1.29. The average molecular weight is 406 g/mol. The number of rotatable bonds is 0. The normalized spacial score (nSPS) is 25.7.